The summed E-state index contributed by atoms with van der Waals surface area (Å²) in [5, 5.41) is 8.74. The van der Waals surface area contributed by atoms with Crippen molar-refractivity contribution in [3.05, 3.63) is 45.9 Å². The van der Waals surface area contributed by atoms with Gasteiger partial charge in [0.15, 0.2) is 10.3 Å². The molecule has 1 amide bonds. The van der Waals surface area contributed by atoms with Crippen LogP contribution in [-0.2, 0) is 16.0 Å². The second-order valence-corrected chi connectivity index (χ2v) is 8.69. The van der Waals surface area contributed by atoms with Gasteiger partial charge in [-0.1, -0.05) is 0 Å². The van der Waals surface area contributed by atoms with Crippen LogP contribution in [-0.4, -0.2) is 35.1 Å². The number of carbonyl (C=O) groups is 2. The highest BCUT2D eigenvalue weighted by Crippen LogP contribution is 2.39. The molecule has 8 nitrogen and oxygen atoms in total. The van der Waals surface area contributed by atoms with Gasteiger partial charge in [-0.05, 0) is 51.0 Å². The van der Waals surface area contributed by atoms with E-state index < -0.39 is 0 Å². The fourth-order valence-electron chi connectivity index (χ4n) is 3.27. The van der Waals surface area contributed by atoms with Gasteiger partial charge in [0.1, 0.15) is 17.4 Å². The van der Waals surface area contributed by atoms with Gasteiger partial charge in [0.2, 0.25) is 0 Å². The van der Waals surface area contributed by atoms with Gasteiger partial charge in [-0.25, -0.2) is 9.97 Å². The third kappa shape index (κ3) is 4.86. The second-order valence-electron chi connectivity index (χ2n) is 6.75. The van der Waals surface area contributed by atoms with Crippen molar-refractivity contribution < 1.29 is 19.1 Å². The molecule has 1 unspecified atom stereocenters. The number of anilines is 3. The standard InChI is InChI=1S/C21H22N4O4S2/c1-3-28-13-7-5-12(6-8-13)22-20-23-15(11-30-20)18(26)25-21-24-17-14(19(27)29-4-2)9-10-16(17)31-21/h5-8,11,14H,3-4,9-10H2,1-2H3,(H,22,23)(H,24,25,26). The lowest BCUT2D eigenvalue weighted by Gasteiger charge is -2.07. The van der Waals surface area contributed by atoms with Crippen molar-refractivity contribution in [2.24, 2.45) is 0 Å². The minimum Gasteiger partial charge on any atom is -0.494 e. The van der Waals surface area contributed by atoms with E-state index in [4.69, 9.17) is 9.47 Å². The number of thiazole rings is 2. The van der Waals surface area contributed by atoms with Crippen molar-refractivity contribution in [1.82, 2.24) is 9.97 Å². The van der Waals surface area contributed by atoms with Crippen molar-refractivity contribution in [2.45, 2.75) is 32.6 Å². The van der Waals surface area contributed by atoms with Crippen molar-refractivity contribution in [3.63, 3.8) is 0 Å². The highest BCUT2D eigenvalue weighted by atomic mass is 32.1. The minimum atomic E-state index is -0.346. The smallest absolute Gasteiger partial charge is 0.315 e. The van der Waals surface area contributed by atoms with Crippen molar-refractivity contribution >= 4 is 50.5 Å². The molecule has 0 spiro atoms. The molecule has 0 bridgehead atoms. The number of carbonyl (C=O) groups excluding carboxylic acids is 2. The number of amides is 1. The number of ether oxygens (including phenoxy) is 2. The Kier molecular flexibility index (Phi) is 6.47. The number of hydrogen-bond donors (Lipinski definition) is 2. The summed E-state index contributed by atoms with van der Waals surface area (Å²) in [5.74, 6) is -0.140. The lowest BCUT2D eigenvalue weighted by molar-refractivity contribution is -0.145. The molecule has 0 aliphatic heterocycles. The zero-order chi connectivity index (χ0) is 21.8. The summed E-state index contributed by atoms with van der Waals surface area (Å²) < 4.78 is 10.6. The summed E-state index contributed by atoms with van der Waals surface area (Å²) in [7, 11) is 0. The molecule has 0 fully saturated rings. The first kappa shape index (κ1) is 21.3. The van der Waals surface area contributed by atoms with Crippen LogP contribution < -0.4 is 15.4 Å². The highest BCUT2D eigenvalue weighted by molar-refractivity contribution is 7.16. The third-order valence-corrected chi connectivity index (χ3v) is 6.47. The predicted molar refractivity (Wildman–Crippen MR) is 121 cm³/mol. The Labute approximate surface area is 187 Å². The van der Waals surface area contributed by atoms with Gasteiger partial charge in [0.05, 0.1) is 18.9 Å². The first-order valence-corrected chi connectivity index (χ1v) is 11.7. The number of fused-ring (bicyclic) bond motifs is 1. The van der Waals surface area contributed by atoms with Gasteiger partial charge in [-0.3, -0.25) is 14.9 Å². The Morgan fingerprint density at radius 3 is 2.68 bits per heavy atom. The quantitative estimate of drug-likeness (QED) is 0.476. The zero-order valence-electron chi connectivity index (χ0n) is 17.1. The number of nitrogens with one attached hydrogen (secondary N) is 2. The average Bonchev–Trinajstić information content (AvgIpc) is 3.46. The van der Waals surface area contributed by atoms with Crippen molar-refractivity contribution in [1.29, 1.82) is 0 Å². The second kappa shape index (κ2) is 9.44. The van der Waals surface area contributed by atoms with Crippen LogP contribution in [0, 0.1) is 0 Å². The molecule has 2 aromatic heterocycles. The molecule has 3 aromatic rings. The van der Waals surface area contributed by atoms with E-state index in [2.05, 4.69) is 20.6 Å². The average molecular weight is 459 g/mol. The first-order chi connectivity index (χ1) is 15.1. The highest BCUT2D eigenvalue weighted by Gasteiger charge is 2.33. The third-order valence-electron chi connectivity index (χ3n) is 4.66. The lowest BCUT2D eigenvalue weighted by Crippen LogP contribution is -2.15. The Hall–Kier alpha value is -2.98. The minimum absolute atomic E-state index is 0.256. The van der Waals surface area contributed by atoms with Gasteiger partial charge in [-0.15, -0.1) is 22.7 Å². The van der Waals surface area contributed by atoms with Crippen LogP contribution in [0.2, 0.25) is 0 Å². The largest absolute Gasteiger partial charge is 0.494 e. The van der Waals surface area contributed by atoms with E-state index in [0.717, 1.165) is 28.4 Å². The fraction of sp³-hybridized carbons (Fsp3) is 0.333. The van der Waals surface area contributed by atoms with Crippen LogP contribution in [0.25, 0.3) is 0 Å². The topological polar surface area (TPSA) is 102 Å². The normalized spacial score (nSPS) is 14.7. The number of aryl methyl sites for hydroxylation is 1. The summed E-state index contributed by atoms with van der Waals surface area (Å²) in [5.41, 5.74) is 1.87. The van der Waals surface area contributed by atoms with Gasteiger partial charge in [0, 0.05) is 15.9 Å². The molecule has 10 heteroatoms. The maximum Gasteiger partial charge on any atom is 0.315 e. The Morgan fingerprint density at radius 2 is 1.94 bits per heavy atom. The summed E-state index contributed by atoms with van der Waals surface area (Å²) in [6.45, 7) is 4.68. The molecule has 4 rings (SSSR count). The molecular formula is C21H22N4O4S2. The molecule has 31 heavy (non-hydrogen) atoms. The number of nitrogens with zero attached hydrogens (tertiary/aromatic N) is 2. The number of esters is 1. The Balaban J connectivity index is 1.38. The summed E-state index contributed by atoms with van der Waals surface area (Å²) in [4.78, 5) is 34.6. The monoisotopic (exact) mass is 458 g/mol. The van der Waals surface area contributed by atoms with E-state index in [0.29, 0.717) is 35.6 Å². The van der Waals surface area contributed by atoms with Crippen LogP contribution in [0.1, 0.15) is 47.2 Å². The molecule has 162 valence electrons. The lowest BCUT2D eigenvalue weighted by atomic mass is 10.1. The number of aromatic nitrogens is 2. The fourth-order valence-corrected chi connectivity index (χ4v) is 5.02. The first-order valence-electron chi connectivity index (χ1n) is 10.00. The van der Waals surface area contributed by atoms with Crippen LogP contribution in [0.15, 0.2) is 29.6 Å². The molecule has 1 aliphatic rings. The van der Waals surface area contributed by atoms with E-state index in [9.17, 15) is 9.59 Å². The van der Waals surface area contributed by atoms with Crippen LogP contribution in [0.4, 0.5) is 16.0 Å². The molecule has 0 radical (unpaired) electrons. The zero-order valence-corrected chi connectivity index (χ0v) is 18.8. The number of rotatable bonds is 8. The van der Waals surface area contributed by atoms with Crippen LogP contribution in [0.3, 0.4) is 0 Å². The molecule has 1 aromatic carbocycles. The molecule has 0 saturated carbocycles. The molecule has 1 atom stereocenters. The summed E-state index contributed by atoms with van der Waals surface area (Å²) in [6.07, 6.45) is 1.47. The van der Waals surface area contributed by atoms with Crippen LogP contribution >= 0.6 is 22.7 Å². The Morgan fingerprint density at radius 1 is 1.13 bits per heavy atom. The SMILES string of the molecule is CCOC(=O)C1CCc2sc(NC(=O)c3csc(Nc4ccc(OCC)cc4)n3)nc21. The van der Waals surface area contributed by atoms with E-state index in [-0.39, 0.29) is 17.8 Å². The molecular weight excluding hydrogens is 436 g/mol. The van der Waals surface area contributed by atoms with E-state index in [1.807, 2.05) is 31.2 Å². The van der Waals surface area contributed by atoms with Crippen LogP contribution in [0.5, 0.6) is 5.75 Å². The van der Waals surface area contributed by atoms with Crippen molar-refractivity contribution in [3.8, 4) is 5.75 Å². The van der Waals surface area contributed by atoms with Gasteiger partial charge in [0.25, 0.3) is 5.91 Å². The maximum absolute atomic E-state index is 12.6. The van der Waals surface area contributed by atoms with Gasteiger partial charge < -0.3 is 14.8 Å². The van der Waals surface area contributed by atoms with E-state index >= 15 is 0 Å². The maximum atomic E-state index is 12.6. The number of benzene rings is 1. The van der Waals surface area contributed by atoms with E-state index in [1.54, 1.807) is 12.3 Å². The summed E-state index contributed by atoms with van der Waals surface area (Å²) >= 11 is 2.74. The summed E-state index contributed by atoms with van der Waals surface area (Å²) in [6, 6.07) is 7.53. The molecule has 2 heterocycles. The Bertz CT molecular complexity index is 1080. The predicted octanol–water partition coefficient (Wildman–Crippen LogP) is 4.59. The van der Waals surface area contributed by atoms with Gasteiger partial charge >= 0.3 is 5.97 Å². The molecule has 1 aliphatic carbocycles. The molecule has 2 N–H and O–H groups in total. The molecule has 0 saturated heterocycles. The van der Waals surface area contributed by atoms with Gasteiger partial charge in [-0.2, -0.15) is 0 Å². The number of hydrogen-bond acceptors (Lipinski definition) is 9. The van der Waals surface area contributed by atoms with E-state index in [1.165, 1.54) is 22.7 Å². The van der Waals surface area contributed by atoms with Crippen molar-refractivity contribution in [2.75, 3.05) is 23.8 Å².